The van der Waals surface area contributed by atoms with Gasteiger partial charge in [-0.2, -0.15) is 0 Å². The van der Waals surface area contributed by atoms with Crippen molar-refractivity contribution in [3.05, 3.63) is 0 Å². The Bertz CT molecular complexity index is 181. The lowest BCUT2D eigenvalue weighted by Crippen LogP contribution is -2.51. The van der Waals surface area contributed by atoms with Gasteiger partial charge in [0, 0.05) is 32.2 Å². The molecule has 2 nitrogen and oxygen atoms in total. The Balaban J connectivity index is 2.33. The van der Waals surface area contributed by atoms with E-state index in [-0.39, 0.29) is 0 Å². The van der Waals surface area contributed by atoms with Gasteiger partial charge in [-0.1, -0.05) is 27.2 Å². The lowest BCUT2D eigenvalue weighted by molar-refractivity contribution is 0.0863. The summed E-state index contributed by atoms with van der Waals surface area (Å²) in [5.41, 5.74) is 0. The monoisotopic (exact) mass is 212 g/mol. The van der Waals surface area contributed by atoms with Crippen molar-refractivity contribution in [1.82, 2.24) is 9.80 Å². The Morgan fingerprint density at radius 3 is 2.40 bits per heavy atom. The molecule has 0 aromatic heterocycles. The Kier molecular flexibility index (Phi) is 5.07. The number of piperazine rings is 1. The van der Waals surface area contributed by atoms with Crippen LogP contribution in [0.4, 0.5) is 0 Å². The van der Waals surface area contributed by atoms with Gasteiger partial charge in [0.15, 0.2) is 0 Å². The zero-order valence-corrected chi connectivity index (χ0v) is 11.2. The molecule has 0 radical (unpaired) electrons. The highest BCUT2D eigenvalue weighted by molar-refractivity contribution is 4.78. The molecule has 0 bridgehead atoms. The van der Waals surface area contributed by atoms with E-state index in [0.29, 0.717) is 0 Å². The van der Waals surface area contributed by atoms with Crippen molar-refractivity contribution >= 4 is 0 Å². The second kappa shape index (κ2) is 5.86. The van der Waals surface area contributed by atoms with Gasteiger partial charge in [-0.3, -0.25) is 0 Å². The summed E-state index contributed by atoms with van der Waals surface area (Å²) in [5.74, 6) is 1.70. The average Bonchev–Trinajstić information content (AvgIpc) is 2.22. The summed E-state index contributed by atoms with van der Waals surface area (Å²) in [4.78, 5) is 5.10. The number of hydrogen-bond acceptors (Lipinski definition) is 2. The maximum atomic E-state index is 2.64. The Morgan fingerprint density at radius 1 is 1.20 bits per heavy atom. The molecule has 15 heavy (non-hydrogen) atoms. The molecule has 3 unspecified atom stereocenters. The van der Waals surface area contributed by atoms with E-state index in [4.69, 9.17) is 0 Å². The number of likely N-dealkylation sites (N-methyl/N-ethyl adjacent to an activating group) is 1. The van der Waals surface area contributed by atoms with Crippen molar-refractivity contribution in [3.8, 4) is 0 Å². The quantitative estimate of drug-likeness (QED) is 0.705. The number of hydrogen-bond donors (Lipinski definition) is 0. The molecule has 0 N–H and O–H groups in total. The van der Waals surface area contributed by atoms with Crippen LogP contribution in [0.25, 0.3) is 0 Å². The Morgan fingerprint density at radius 2 is 1.87 bits per heavy atom. The second-order valence-corrected chi connectivity index (χ2v) is 5.45. The van der Waals surface area contributed by atoms with Crippen LogP contribution in [0.1, 0.15) is 34.1 Å². The lowest BCUT2D eigenvalue weighted by Gasteiger charge is -2.39. The lowest BCUT2D eigenvalue weighted by atomic mass is 9.93. The zero-order chi connectivity index (χ0) is 11.4. The van der Waals surface area contributed by atoms with E-state index in [1.165, 1.54) is 32.6 Å². The van der Waals surface area contributed by atoms with E-state index in [0.717, 1.165) is 17.9 Å². The Hall–Kier alpha value is -0.0800. The topological polar surface area (TPSA) is 6.48 Å². The highest BCUT2D eigenvalue weighted by Gasteiger charge is 2.22. The van der Waals surface area contributed by atoms with Crippen molar-refractivity contribution in [2.45, 2.75) is 40.2 Å². The molecule has 1 saturated heterocycles. The fourth-order valence-electron chi connectivity index (χ4n) is 2.28. The van der Waals surface area contributed by atoms with Gasteiger partial charge in [0.25, 0.3) is 0 Å². The van der Waals surface area contributed by atoms with Crippen LogP contribution < -0.4 is 0 Å². The predicted octanol–water partition coefficient (Wildman–Crippen LogP) is 2.30. The van der Waals surface area contributed by atoms with Crippen molar-refractivity contribution in [3.63, 3.8) is 0 Å². The third-order valence-corrected chi connectivity index (χ3v) is 4.21. The van der Waals surface area contributed by atoms with Gasteiger partial charge in [-0.05, 0) is 25.8 Å². The fourth-order valence-corrected chi connectivity index (χ4v) is 2.28. The molecule has 1 aliphatic heterocycles. The van der Waals surface area contributed by atoms with Gasteiger partial charge in [0.2, 0.25) is 0 Å². The SMILES string of the molecule is CCC(C)C(C)CN1CCN(C)C(C)C1. The van der Waals surface area contributed by atoms with Crippen molar-refractivity contribution in [2.24, 2.45) is 11.8 Å². The zero-order valence-electron chi connectivity index (χ0n) is 11.2. The van der Waals surface area contributed by atoms with E-state index < -0.39 is 0 Å². The van der Waals surface area contributed by atoms with E-state index in [2.05, 4.69) is 44.5 Å². The molecule has 0 saturated carbocycles. The highest BCUT2D eigenvalue weighted by Crippen LogP contribution is 2.17. The molecule has 0 amide bonds. The summed E-state index contributed by atoms with van der Waals surface area (Å²) in [6.45, 7) is 14.4. The van der Waals surface area contributed by atoms with Gasteiger partial charge in [-0.25, -0.2) is 0 Å². The first-order chi connectivity index (χ1) is 7.04. The van der Waals surface area contributed by atoms with Gasteiger partial charge >= 0.3 is 0 Å². The van der Waals surface area contributed by atoms with Crippen LogP contribution in [-0.4, -0.2) is 49.1 Å². The van der Waals surface area contributed by atoms with E-state index in [1.54, 1.807) is 0 Å². The summed E-state index contributed by atoms with van der Waals surface area (Å²) < 4.78 is 0. The molecular formula is C13H28N2. The van der Waals surface area contributed by atoms with Crippen LogP contribution in [0, 0.1) is 11.8 Å². The molecule has 1 fully saturated rings. The maximum Gasteiger partial charge on any atom is 0.0192 e. The predicted molar refractivity (Wildman–Crippen MR) is 67.2 cm³/mol. The largest absolute Gasteiger partial charge is 0.301 e. The van der Waals surface area contributed by atoms with Crippen LogP contribution in [0.2, 0.25) is 0 Å². The first-order valence-electron chi connectivity index (χ1n) is 6.47. The summed E-state index contributed by atoms with van der Waals surface area (Å²) in [6.07, 6.45) is 1.31. The summed E-state index contributed by atoms with van der Waals surface area (Å²) in [5, 5.41) is 0. The second-order valence-electron chi connectivity index (χ2n) is 5.45. The standard InChI is InChI=1S/C13H28N2/c1-6-11(2)12(3)9-15-8-7-14(5)13(4)10-15/h11-13H,6-10H2,1-5H3. The summed E-state index contributed by atoms with van der Waals surface area (Å²) in [7, 11) is 2.24. The van der Waals surface area contributed by atoms with Gasteiger partial charge in [0.1, 0.15) is 0 Å². The minimum Gasteiger partial charge on any atom is -0.301 e. The molecule has 0 aromatic rings. The minimum atomic E-state index is 0.725. The third kappa shape index (κ3) is 3.76. The van der Waals surface area contributed by atoms with Gasteiger partial charge < -0.3 is 9.80 Å². The van der Waals surface area contributed by atoms with Crippen LogP contribution in [0.3, 0.4) is 0 Å². The molecule has 0 spiro atoms. The minimum absolute atomic E-state index is 0.725. The normalized spacial score (nSPS) is 29.0. The number of nitrogens with zero attached hydrogens (tertiary/aromatic N) is 2. The van der Waals surface area contributed by atoms with Gasteiger partial charge in [0.05, 0.1) is 0 Å². The van der Waals surface area contributed by atoms with E-state index in [9.17, 15) is 0 Å². The average molecular weight is 212 g/mol. The smallest absolute Gasteiger partial charge is 0.0192 e. The van der Waals surface area contributed by atoms with Crippen LogP contribution in [0.15, 0.2) is 0 Å². The van der Waals surface area contributed by atoms with Crippen LogP contribution in [-0.2, 0) is 0 Å². The highest BCUT2D eigenvalue weighted by atomic mass is 15.3. The molecule has 3 atom stereocenters. The molecule has 1 heterocycles. The molecule has 1 rings (SSSR count). The van der Waals surface area contributed by atoms with Gasteiger partial charge in [-0.15, -0.1) is 0 Å². The molecule has 2 heteroatoms. The summed E-state index contributed by atoms with van der Waals surface area (Å²) in [6, 6.07) is 0.725. The first-order valence-corrected chi connectivity index (χ1v) is 6.47. The molecule has 0 aliphatic carbocycles. The molecule has 1 aliphatic rings. The Labute approximate surface area is 95.6 Å². The van der Waals surface area contributed by atoms with Crippen LogP contribution >= 0.6 is 0 Å². The fraction of sp³-hybridized carbons (Fsp3) is 1.00. The molecular weight excluding hydrogens is 184 g/mol. The van der Waals surface area contributed by atoms with Crippen molar-refractivity contribution in [1.29, 1.82) is 0 Å². The van der Waals surface area contributed by atoms with E-state index >= 15 is 0 Å². The first kappa shape index (κ1) is 13.0. The maximum absolute atomic E-state index is 2.64. The van der Waals surface area contributed by atoms with Crippen molar-refractivity contribution in [2.75, 3.05) is 33.2 Å². The molecule has 0 aromatic carbocycles. The third-order valence-electron chi connectivity index (χ3n) is 4.21. The summed E-state index contributed by atoms with van der Waals surface area (Å²) >= 11 is 0. The number of rotatable bonds is 4. The van der Waals surface area contributed by atoms with Crippen molar-refractivity contribution < 1.29 is 0 Å². The van der Waals surface area contributed by atoms with Crippen LogP contribution in [0.5, 0.6) is 0 Å². The molecule has 90 valence electrons. The van der Waals surface area contributed by atoms with E-state index in [1.807, 2.05) is 0 Å².